The molecule has 1 saturated heterocycles. The molecule has 1 saturated carbocycles. The molecule has 2 fully saturated rings. The Balaban J connectivity index is 1.89. The third kappa shape index (κ3) is 2.69. The van der Waals surface area contributed by atoms with Crippen molar-refractivity contribution in [1.29, 1.82) is 0 Å². The van der Waals surface area contributed by atoms with Gasteiger partial charge in [-0.1, -0.05) is 12.8 Å². The second kappa shape index (κ2) is 5.37. The lowest BCUT2D eigenvalue weighted by Gasteiger charge is -2.31. The molecule has 1 aliphatic carbocycles. The Labute approximate surface area is 102 Å². The molecule has 16 heavy (non-hydrogen) atoms. The van der Waals surface area contributed by atoms with Gasteiger partial charge in [-0.3, -0.25) is 4.79 Å². The van der Waals surface area contributed by atoms with Gasteiger partial charge in [-0.2, -0.15) is 0 Å². The van der Waals surface area contributed by atoms with Crippen molar-refractivity contribution in [2.75, 3.05) is 12.5 Å². The predicted octanol–water partition coefficient (Wildman–Crippen LogP) is 2.22. The van der Waals surface area contributed by atoms with Crippen LogP contribution in [0.25, 0.3) is 0 Å². The number of carbonyl (C=O) groups is 1. The van der Waals surface area contributed by atoms with Crippen LogP contribution in [0.5, 0.6) is 0 Å². The monoisotopic (exact) mass is 245 g/mol. The van der Waals surface area contributed by atoms with Crippen LogP contribution < -0.4 is 5.32 Å². The Morgan fingerprint density at radius 1 is 1.31 bits per heavy atom. The lowest BCUT2D eigenvalue weighted by Crippen LogP contribution is -2.52. The molecule has 0 bridgehead atoms. The van der Waals surface area contributed by atoms with Gasteiger partial charge in [0.2, 0.25) is 5.91 Å². The van der Waals surface area contributed by atoms with E-state index in [1.165, 1.54) is 12.8 Å². The second-order valence-electron chi connectivity index (χ2n) is 4.97. The van der Waals surface area contributed by atoms with Gasteiger partial charge in [0.1, 0.15) is 6.10 Å². The fourth-order valence-electron chi connectivity index (χ4n) is 2.63. The van der Waals surface area contributed by atoms with Gasteiger partial charge < -0.3 is 10.1 Å². The first-order valence-corrected chi connectivity index (χ1v) is 6.79. The quantitative estimate of drug-likeness (QED) is 0.775. The summed E-state index contributed by atoms with van der Waals surface area (Å²) in [6.45, 7) is 0.714. The number of nitrogens with one attached hydrogen (secondary N) is 1. The number of alkyl halides is 1. The molecule has 1 aliphatic heterocycles. The molecule has 1 N–H and O–H groups in total. The van der Waals surface area contributed by atoms with E-state index in [-0.39, 0.29) is 17.6 Å². The lowest BCUT2D eigenvalue weighted by atomic mass is 9.99. The number of carbonyl (C=O) groups excluding carboxylic acids is 1. The molecule has 1 atom stereocenters. The maximum absolute atomic E-state index is 12.0. The first kappa shape index (κ1) is 12.2. The highest BCUT2D eigenvalue weighted by molar-refractivity contribution is 6.18. The standard InChI is InChI=1S/C12H20ClNO2/c13-9-12(6-2-3-7-12)14-11(15)10-5-1-4-8-16-10/h10H,1-9H2,(H,14,15). The Morgan fingerprint density at radius 3 is 2.62 bits per heavy atom. The Kier molecular flexibility index (Phi) is 4.09. The minimum atomic E-state index is -0.241. The lowest BCUT2D eigenvalue weighted by molar-refractivity contribution is -0.137. The molecule has 1 heterocycles. The number of ether oxygens (including phenoxy) is 1. The minimum absolute atomic E-state index is 0.0438. The van der Waals surface area contributed by atoms with Gasteiger partial charge >= 0.3 is 0 Å². The van der Waals surface area contributed by atoms with Crippen LogP contribution in [0.1, 0.15) is 44.9 Å². The number of amides is 1. The molecule has 0 spiro atoms. The fourth-order valence-corrected chi connectivity index (χ4v) is 2.97. The van der Waals surface area contributed by atoms with Gasteiger partial charge in [-0.05, 0) is 32.1 Å². The van der Waals surface area contributed by atoms with E-state index in [9.17, 15) is 4.79 Å². The summed E-state index contributed by atoms with van der Waals surface area (Å²) in [5.41, 5.74) is -0.153. The third-order valence-electron chi connectivity index (χ3n) is 3.68. The highest BCUT2D eigenvalue weighted by Crippen LogP contribution is 2.31. The minimum Gasteiger partial charge on any atom is -0.368 e. The SMILES string of the molecule is O=C(NC1(CCl)CCCC1)C1CCCCO1. The molecule has 1 amide bonds. The maximum Gasteiger partial charge on any atom is 0.249 e. The summed E-state index contributed by atoms with van der Waals surface area (Å²) >= 11 is 5.99. The normalized spacial score (nSPS) is 28.9. The zero-order chi connectivity index (χ0) is 11.4. The van der Waals surface area contributed by atoms with Gasteiger partial charge in [0.25, 0.3) is 0 Å². The average Bonchev–Trinajstić information content (AvgIpc) is 2.79. The van der Waals surface area contributed by atoms with Crippen LogP contribution in [0.2, 0.25) is 0 Å². The van der Waals surface area contributed by atoms with Gasteiger partial charge in [-0.15, -0.1) is 11.6 Å². The molecular weight excluding hydrogens is 226 g/mol. The second-order valence-corrected chi connectivity index (χ2v) is 5.23. The zero-order valence-corrected chi connectivity index (χ0v) is 10.4. The van der Waals surface area contributed by atoms with Crippen LogP contribution in [-0.2, 0) is 9.53 Å². The highest BCUT2D eigenvalue weighted by atomic mass is 35.5. The maximum atomic E-state index is 12.0. The smallest absolute Gasteiger partial charge is 0.249 e. The molecule has 0 aromatic heterocycles. The van der Waals surface area contributed by atoms with E-state index in [0.717, 1.165) is 32.1 Å². The van der Waals surface area contributed by atoms with E-state index in [0.29, 0.717) is 12.5 Å². The van der Waals surface area contributed by atoms with Crippen molar-refractivity contribution in [3.63, 3.8) is 0 Å². The molecule has 2 aliphatic rings. The Bertz CT molecular complexity index is 245. The van der Waals surface area contributed by atoms with Crippen molar-refractivity contribution in [2.45, 2.75) is 56.6 Å². The molecule has 92 valence electrons. The summed E-state index contributed by atoms with van der Waals surface area (Å²) in [6, 6.07) is 0. The van der Waals surface area contributed by atoms with E-state index in [1.807, 2.05) is 0 Å². The van der Waals surface area contributed by atoms with Gasteiger partial charge in [0, 0.05) is 12.5 Å². The number of hydrogen-bond acceptors (Lipinski definition) is 2. The summed E-state index contributed by atoms with van der Waals surface area (Å²) in [4.78, 5) is 12.0. The molecule has 2 rings (SSSR count). The van der Waals surface area contributed by atoms with Crippen molar-refractivity contribution in [2.24, 2.45) is 0 Å². The Hall–Kier alpha value is -0.280. The molecule has 3 nitrogen and oxygen atoms in total. The predicted molar refractivity (Wildman–Crippen MR) is 63.7 cm³/mol. The van der Waals surface area contributed by atoms with Gasteiger partial charge in [-0.25, -0.2) is 0 Å². The first-order chi connectivity index (χ1) is 7.76. The highest BCUT2D eigenvalue weighted by Gasteiger charge is 2.36. The summed E-state index contributed by atoms with van der Waals surface area (Å²) in [5.74, 6) is 0.563. The van der Waals surface area contributed by atoms with Crippen LogP contribution in [0.15, 0.2) is 0 Å². The van der Waals surface area contributed by atoms with Crippen LogP contribution in [0.3, 0.4) is 0 Å². The fraction of sp³-hybridized carbons (Fsp3) is 0.917. The van der Waals surface area contributed by atoms with Crippen LogP contribution in [-0.4, -0.2) is 30.0 Å². The summed E-state index contributed by atoms with van der Waals surface area (Å²) < 4.78 is 5.48. The number of hydrogen-bond donors (Lipinski definition) is 1. The molecular formula is C12H20ClNO2. The summed E-state index contributed by atoms with van der Waals surface area (Å²) in [5, 5.41) is 3.12. The van der Waals surface area contributed by atoms with Crippen molar-refractivity contribution in [3.05, 3.63) is 0 Å². The Morgan fingerprint density at radius 2 is 2.06 bits per heavy atom. The van der Waals surface area contributed by atoms with E-state index in [1.54, 1.807) is 0 Å². The van der Waals surface area contributed by atoms with Crippen molar-refractivity contribution in [1.82, 2.24) is 5.32 Å². The van der Waals surface area contributed by atoms with Gasteiger partial charge in [0.05, 0.1) is 5.54 Å². The van der Waals surface area contributed by atoms with Crippen LogP contribution in [0, 0.1) is 0 Å². The average molecular weight is 246 g/mol. The van der Waals surface area contributed by atoms with Crippen molar-refractivity contribution in [3.8, 4) is 0 Å². The number of halogens is 1. The van der Waals surface area contributed by atoms with E-state index in [4.69, 9.17) is 16.3 Å². The van der Waals surface area contributed by atoms with Crippen molar-refractivity contribution >= 4 is 17.5 Å². The third-order valence-corrected chi connectivity index (χ3v) is 4.19. The zero-order valence-electron chi connectivity index (χ0n) is 9.64. The molecule has 1 unspecified atom stereocenters. The number of rotatable bonds is 3. The summed E-state index contributed by atoms with van der Waals surface area (Å²) in [6.07, 6.45) is 7.12. The van der Waals surface area contributed by atoms with Crippen molar-refractivity contribution < 1.29 is 9.53 Å². The van der Waals surface area contributed by atoms with Gasteiger partial charge in [0.15, 0.2) is 0 Å². The topological polar surface area (TPSA) is 38.3 Å². The van der Waals surface area contributed by atoms with Crippen LogP contribution >= 0.6 is 11.6 Å². The molecule has 0 aromatic carbocycles. The van der Waals surface area contributed by atoms with E-state index >= 15 is 0 Å². The molecule has 0 radical (unpaired) electrons. The van der Waals surface area contributed by atoms with E-state index in [2.05, 4.69) is 5.32 Å². The van der Waals surface area contributed by atoms with E-state index < -0.39 is 0 Å². The summed E-state index contributed by atoms with van der Waals surface area (Å²) in [7, 11) is 0. The van der Waals surface area contributed by atoms with Crippen LogP contribution in [0.4, 0.5) is 0 Å². The largest absolute Gasteiger partial charge is 0.368 e. The molecule has 0 aromatic rings. The first-order valence-electron chi connectivity index (χ1n) is 6.25. The molecule has 4 heteroatoms.